The van der Waals surface area contributed by atoms with Gasteiger partial charge in [0.15, 0.2) is 0 Å². The summed E-state index contributed by atoms with van der Waals surface area (Å²) < 4.78 is 5.35. The van der Waals surface area contributed by atoms with Gasteiger partial charge in [-0.3, -0.25) is 5.41 Å². The molecule has 0 bridgehead atoms. The molecule has 1 fully saturated rings. The zero-order valence-corrected chi connectivity index (χ0v) is 7.75. The topological polar surface area (TPSA) is 33.1 Å². The van der Waals surface area contributed by atoms with Gasteiger partial charge >= 0.3 is 0 Å². The maximum Gasteiger partial charge on any atom is 0.149 e. The van der Waals surface area contributed by atoms with Gasteiger partial charge in [0.1, 0.15) is 10.8 Å². The number of ether oxygens (including phenoxy) is 1. The summed E-state index contributed by atoms with van der Waals surface area (Å²) in [5.41, 5.74) is 1.31. The average Bonchev–Trinajstić information content (AvgIpc) is 2.81. The summed E-state index contributed by atoms with van der Waals surface area (Å²) in [4.78, 5) is 0. The van der Waals surface area contributed by atoms with Gasteiger partial charge in [0, 0.05) is 0 Å². The molecule has 0 heterocycles. The van der Waals surface area contributed by atoms with E-state index in [-0.39, 0.29) is 0 Å². The second-order valence-electron chi connectivity index (χ2n) is 2.40. The molecule has 3 heteroatoms. The van der Waals surface area contributed by atoms with Crippen LogP contribution < -0.4 is 0 Å². The van der Waals surface area contributed by atoms with E-state index in [4.69, 9.17) is 10.1 Å². The Morgan fingerprint density at radius 1 is 1.64 bits per heavy atom. The summed E-state index contributed by atoms with van der Waals surface area (Å²) in [5.74, 6) is 0.833. The van der Waals surface area contributed by atoms with E-state index in [1.165, 1.54) is 17.3 Å². The second kappa shape index (κ2) is 3.81. The molecule has 1 saturated carbocycles. The number of nitrogens with one attached hydrogen (secondary N) is 1. The SMILES string of the molecule is CCOC(C(=N)SC)=C1CC1. The van der Waals surface area contributed by atoms with Crippen LogP contribution in [0.4, 0.5) is 0 Å². The van der Waals surface area contributed by atoms with Crippen LogP contribution in [0.2, 0.25) is 0 Å². The molecule has 62 valence electrons. The number of thioether (sulfide) groups is 1. The van der Waals surface area contributed by atoms with E-state index in [9.17, 15) is 0 Å². The minimum absolute atomic E-state index is 0.569. The van der Waals surface area contributed by atoms with Crippen molar-refractivity contribution in [2.24, 2.45) is 0 Å². The summed E-state index contributed by atoms with van der Waals surface area (Å²) in [5, 5.41) is 8.12. The fraction of sp³-hybridized carbons (Fsp3) is 0.625. The van der Waals surface area contributed by atoms with Gasteiger partial charge in [-0.2, -0.15) is 0 Å². The van der Waals surface area contributed by atoms with Gasteiger partial charge in [-0.05, 0) is 31.6 Å². The molecule has 2 nitrogen and oxygen atoms in total. The maximum atomic E-state index is 7.55. The van der Waals surface area contributed by atoms with Gasteiger partial charge in [0.05, 0.1) is 6.61 Å². The van der Waals surface area contributed by atoms with Gasteiger partial charge < -0.3 is 4.74 Å². The minimum Gasteiger partial charge on any atom is -0.491 e. The number of rotatable bonds is 3. The molecule has 0 amide bonds. The molecular formula is C8H13NOS. The van der Waals surface area contributed by atoms with Gasteiger partial charge in [0.25, 0.3) is 0 Å². The molecule has 0 aliphatic heterocycles. The van der Waals surface area contributed by atoms with Crippen LogP contribution in [0.3, 0.4) is 0 Å². The molecular weight excluding hydrogens is 158 g/mol. The summed E-state index contributed by atoms with van der Waals surface area (Å²) in [6.45, 7) is 2.62. The van der Waals surface area contributed by atoms with Crippen LogP contribution in [0.25, 0.3) is 0 Å². The molecule has 1 N–H and O–H groups in total. The molecule has 0 aromatic carbocycles. The summed E-state index contributed by atoms with van der Waals surface area (Å²) >= 11 is 1.44. The molecule has 0 unspecified atom stereocenters. The lowest BCUT2D eigenvalue weighted by Gasteiger charge is -2.06. The Balaban J connectivity index is 2.60. The Hall–Kier alpha value is -0.440. The van der Waals surface area contributed by atoms with Crippen molar-refractivity contribution in [2.45, 2.75) is 19.8 Å². The van der Waals surface area contributed by atoms with Crippen molar-refractivity contribution in [3.8, 4) is 0 Å². The van der Waals surface area contributed by atoms with Gasteiger partial charge in [-0.25, -0.2) is 0 Å². The van der Waals surface area contributed by atoms with Crippen molar-refractivity contribution in [3.05, 3.63) is 11.3 Å². The van der Waals surface area contributed by atoms with E-state index in [0.717, 1.165) is 18.6 Å². The van der Waals surface area contributed by atoms with Crippen molar-refractivity contribution in [1.82, 2.24) is 0 Å². The largest absolute Gasteiger partial charge is 0.491 e. The molecule has 0 aromatic heterocycles. The molecule has 0 atom stereocenters. The predicted octanol–water partition coefficient (Wildman–Crippen LogP) is 2.41. The highest BCUT2D eigenvalue weighted by atomic mass is 32.2. The number of hydrogen-bond donors (Lipinski definition) is 1. The second-order valence-corrected chi connectivity index (χ2v) is 3.22. The number of hydrogen-bond acceptors (Lipinski definition) is 3. The van der Waals surface area contributed by atoms with E-state index < -0.39 is 0 Å². The van der Waals surface area contributed by atoms with Crippen LogP contribution in [0, 0.1) is 5.41 Å². The van der Waals surface area contributed by atoms with Crippen LogP contribution in [0.15, 0.2) is 11.3 Å². The summed E-state index contributed by atoms with van der Waals surface area (Å²) in [7, 11) is 0. The third-order valence-corrected chi connectivity index (χ3v) is 2.11. The first kappa shape index (κ1) is 8.65. The Morgan fingerprint density at radius 3 is 2.64 bits per heavy atom. The Kier molecular flexibility index (Phi) is 3.00. The molecule has 0 radical (unpaired) electrons. The fourth-order valence-corrected chi connectivity index (χ4v) is 1.24. The van der Waals surface area contributed by atoms with Crippen molar-refractivity contribution >= 4 is 16.8 Å². The molecule has 1 aliphatic rings. The zero-order valence-electron chi connectivity index (χ0n) is 6.94. The van der Waals surface area contributed by atoms with Gasteiger partial charge in [0.2, 0.25) is 0 Å². The van der Waals surface area contributed by atoms with Crippen molar-refractivity contribution < 1.29 is 4.74 Å². The molecule has 0 saturated heterocycles. The van der Waals surface area contributed by atoms with Crippen LogP contribution in [-0.2, 0) is 4.74 Å². The monoisotopic (exact) mass is 171 g/mol. The third kappa shape index (κ3) is 2.26. The van der Waals surface area contributed by atoms with Gasteiger partial charge in [-0.15, -0.1) is 11.8 Å². The van der Waals surface area contributed by atoms with E-state index in [2.05, 4.69) is 0 Å². The number of allylic oxidation sites excluding steroid dienone is 1. The fourth-order valence-electron chi connectivity index (χ4n) is 0.855. The lowest BCUT2D eigenvalue weighted by Crippen LogP contribution is -2.00. The molecule has 1 aliphatic carbocycles. The van der Waals surface area contributed by atoms with Crippen LogP contribution >= 0.6 is 11.8 Å². The van der Waals surface area contributed by atoms with E-state index >= 15 is 0 Å². The molecule has 11 heavy (non-hydrogen) atoms. The Labute approximate surface area is 71.5 Å². The first-order valence-corrected chi connectivity index (χ1v) is 4.99. The first-order chi connectivity index (χ1) is 5.29. The quantitative estimate of drug-likeness (QED) is 0.402. The van der Waals surface area contributed by atoms with Crippen molar-refractivity contribution in [3.63, 3.8) is 0 Å². The standard InChI is InChI=1S/C8H13NOS/c1-3-10-7(6-4-5-6)8(9)11-2/h9H,3-5H2,1-2H3. The van der Waals surface area contributed by atoms with Crippen LogP contribution in [0.5, 0.6) is 0 Å². The summed E-state index contributed by atoms with van der Waals surface area (Å²) in [6.07, 6.45) is 4.15. The van der Waals surface area contributed by atoms with Crippen molar-refractivity contribution in [2.75, 3.05) is 12.9 Å². The maximum absolute atomic E-state index is 7.55. The summed E-state index contributed by atoms with van der Waals surface area (Å²) in [6, 6.07) is 0. The average molecular weight is 171 g/mol. The highest BCUT2D eigenvalue weighted by molar-refractivity contribution is 8.13. The molecule has 1 rings (SSSR count). The molecule has 0 aromatic rings. The predicted molar refractivity (Wildman–Crippen MR) is 49.1 cm³/mol. The molecule has 0 spiro atoms. The van der Waals surface area contributed by atoms with E-state index in [1.807, 2.05) is 13.2 Å². The smallest absolute Gasteiger partial charge is 0.149 e. The van der Waals surface area contributed by atoms with E-state index in [1.54, 1.807) is 0 Å². The van der Waals surface area contributed by atoms with Crippen LogP contribution in [-0.4, -0.2) is 17.9 Å². The zero-order chi connectivity index (χ0) is 8.27. The Morgan fingerprint density at radius 2 is 2.27 bits per heavy atom. The lowest BCUT2D eigenvalue weighted by atomic mass is 10.4. The first-order valence-electron chi connectivity index (χ1n) is 3.77. The highest BCUT2D eigenvalue weighted by Gasteiger charge is 2.21. The van der Waals surface area contributed by atoms with E-state index in [0.29, 0.717) is 11.7 Å². The van der Waals surface area contributed by atoms with Crippen molar-refractivity contribution in [1.29, 1.82) is 5.41 Å². The van der Waals surface area contributed by atoms with Gasteiger partial charge in [-0.1, -0.05) is 0 Å². The highest BCUT2D eigenvalue weighted by Crippen LogP contribution is 2.33. The normalized spacial score (nSPS) is 14.5. The van der Waals surface area contributed by atoms with Crippen LogP contribution in [0.1, 0.15) is 19.8 Å². The minimum atomic E-state index is 0.569. The Bertz CT molecular complexity index is 192. The third-order valence-electron chi connectivity index (χ3n) is 1.52. The lowest BCUT2D eigenvalue weighted by molar-refractivity contribution is 0.249.